The van der Waals surface area contributed by atoms with E-state index in [0.29, 0.717) is 25.3 Å². The molecule has 30 heavy (non-hydrogen) atoms. The molecule has 154 valence electrons. The molecule has 1 fully saturated rings. The Morgan fingerprint density at radius 2 is 1.43 bits per heavy atom. The van der Waals surface area contributed by atoms with Gasteiger partial charge in [0.2, 0.25) is 0 Å². The Bertz CT molecular complexity index is 948. The molecule has 3 aromatic carbocycles. The first-order valence-electron chi connectivity index (χ1n) is 10.2. The molecule has 0 spiro atoms. The number of carbonyl (C=O) groups excluding carboxylic acids is 1. The van der Waals surface area contributed by atoms with Gasteiger partial charge in [-0.2, -0.15) is 0 Å². The quantitative estimate of drug-likeness (QED) is 0.619. The van der Waals surface area contributed by atoms with E-state index in [1.165, 1.54) is 0 Å². The minimum atomic E-state index is 0.0713. The molecule has 3 aromatic rings. The summed E-state index contributed by atoms with van der Waals surface area (Å²) in [6, 6.07) is 25.6. The van der Waals surface area contributed by atoms with Gasteiger partial charge in [0.05, 0.1) is 7.11 Å². The predicted octanol–water partition coefficient (Wildman–Crippen LogP) is 4.24. The molecule has 0 N–H and O–H groups in total. The largest absolute Gasteiger partial charge is 0.497 e. The van der Waals surface area contributed by atoms with Crippen LogP contribution in [-0.4, -0.2) is 44.1 Å². The fourth-order valence-corrected chi connectivity index (χ4v) is 3.58. The van der Waals surface area contributed by atoms with E-state index in [1.54, 1.807) is 7.11 Å². The number of anilines is 1. The van der Waals surface area contributed by atoms with Crippen LogP contribution in [0.1, 0.15) is 15.9 Å². The fourth-order valence-electron chi connectivity index (χ4n) is 3.58. The van der Waals surface area contributed by atoms with Crippen LogP contribution in [0.2, 0.25) is 0 Å². The molecule has 1 amide bonds. The standard InChI is InChI=1S/C25H26N2O3/c1-29-23-11-7-21(8-12-23)25(28)27-17-15-26(16-18-27)22-9-13-24(14-10-22)30-19-20-5-3-2-4-6-20/h2-14H,15-19H2,1H3. The smallest absolute Gasteiger partial charge is 0.253 e. The summed E-state index contributed by atoms with van der Waals surface area (Å²) in [4.78, 5) is 16.9. The van der Waals surface area contributed by atoms with Crippen LogP contribution in [0.25, 0.3) is 0 Å². The molecule has 0 unspecified atom stereocenters. The summed E-state index contributed by atoms with van der Waals surface area (Å²) in [6.07, 6.45) is 0. The number of nitrogens with zero attached hydrogens (tertiary/aromatic N) is 2. The van der Waals surface area contributed by atoms with Crippen LogP contribution in [0.5, 0.6) is 11.5 Å². The highest BCUT2D eigenvalue weighted by atomic mass is 16.5. The highest BCUT2D eigenvalue weighted by molar-refractivity contribution is 5.94. The lowest BCUT2D eigenvalue weighted by Crippen LogP contribution is -2.48. The minimum Gasteiger partial charge on any atom is -0.497 e. The molecule has 1 heterocycles. The van der Waals surface area contributed by atoms with E-state index in [1.807, 2.05) is 59.5 Å². The highest BCUT2D eigenvalue weighted by Crippen LogP contribution is 2.22. The molecular formula is C25H26N2O3. The van der Waals surface area contributed by atoms with Crippen molar-refractivity contribution in [1.82, 2.24) is 4.90 Å². The Labute approximate surface area is 177 Å². The number of ether oxygens (including phenoxy) is 2. The predicted molar refractivity (Wildman–Crippen MR) is 118 cm³/mol. The van der Waals surface area contributed by atoms with Gasteiger partial charge >= 0.3 is 0 Å². The minimum absolute atomic E-state index is 0.0713. The molecule has 0 bridgehead atoms. The van der Waals surface area contributed by atoms with Crippen LogP contribution in [0.3, 0.4) is 0 Å². The maximum Gasteiger partial charge on any atom is 0.253 e. The maximum atomic E-state index is 12.7. The van der Waals surface area contributed by atoms with E-state index in [9.17, 15) is 4.79 Å². The van der Waals surface area contributed by atoms with Crippen molar-refractivity contribution >= 4 is 11.6 Å². The van der Waals surface area contributed by atoms with Crippen molar-refractivity contribution in [3.63, 3.8) is 0 Å². The normalized spacial score (nSPS) is 13.8. The number of benzene rings is 3. The van der Waals surface area contributed by atoms with Crippen molar-refractivity contribution < 1.29 is 14.3 Å². The van der Waals surface area contributed by atoms with E-state index < -0.39 is 0 Å². The van der Waals surface area contributed by atoms with Crippen molar-refractivity contribution in [2.24, 2.45) is 0 Å². The zero-order chi connectivity index (χ0) is 20.8. The Hall–Kier alpha value is -3.47. The van der Waals surface area contributed by atoms with Crippen LogP contribution < -0.4 is 14.4 Å². The highest BCUT2D eigenvalue weighted by Gasteiger charge is 2.22. The zero-order valence-electron chi connectivity index (χ0n) is 17.2. The molecular weight excluding hydrogens is 376 g/mol. The molecule has 1 saturated heterocycles. The van der Waals surface area contributed by atoms with E-state index in [-0.39, 0.29) is 5.91 Å². The topological polar surface area (TPSA) is 42.0 Å². The average molecular weight is 402 g/mol. The first kappa shape index (κ1) is 19.8. The second kappa shape index (κ2) is 9.35. The van der Waals surface area contributed by atoms with Crippen molar-refractivity contribution in [2.45, 2.75) is 6.61 Å². The van der Waals surface area contributed by atoms with Gasteiger partial charge in [0, 0.05) is 37.4 Å². The Morgan fingerprint density at radius 1 is 0.800 bits per heavy atom. The lowest BCUT2D eigenvalue weighted by molar-refractivity contribution is 0.0747. The van der Waals surface area contributed by atoms with E-state index in [2.05, 4.69) is 29.2 Å². The Morgan fingerprint density at radius 3 is 2.07 bits per heavy atom. The lowest BCUT2D eigenvalue weighted by atomic mass is 10.1. The van der Waals surface area contributed by atoms with Crippen LogP contribution in [-0.2, 0) is 6.61 Å². The molecule has 5 nitrogen and oxygen atoms in total. The van der Waals surface area contributed by atoms with Crippen molar-refractivity contribution in [3.8, 4) is 11.5 Å². The number of methoxy groups -OCH3 is 1. The third-order valence-corrected chi connectivity index (χ3v) is 5.35. The van der Waals surface area contributed by atoms with Gasteiger partial charge in [0.25, 0.3) is 5.91 Å². The van der Waals surface area contributed by atoms with Crippen LogP contribution in [0, 0.1) is 0 Å². The van der Waals surface area contributed by atoms with Gasteiger partial charge in [-0.15, -0.1) is 0 Å². The number of carbonyl (C=O) groups is 1. The number of amides is 1. The molecule has 0 aliphatic carbocycles. The third-order valence-electron chi connectivity index (χ3n) is 5.35. The van der Waals surface area contributed by atoms with E-state index in [4.69, 9.17) is 9.47 Å². The molecule has 1 aliphatic rings. The van der Waals surface area contributed by atoms with Crippen molar-refractivity contribution in [3.05, 3.63) is 90.0 Å². The summed E-state index contributed by atoms with van der Waals surface area (Å²) in [5.41, 5.74) is 3.00. The lowest BCUT2D eigenvalue weighted by Gasteiger charge is -2.36. The Balaban J connectivity index is 1.29. The molecule has 0 saturated carbocycles. The van der Waals surface area contributed by atoms with Gasteiger partial charge in [-0.25, -0.2) is 0 Å². The molecule has 4 rings (SSSR count). The summed E-state index contributed by atoms with van der Waals surface area (Å²) < 4.78 is 11.0. The number of hydrogen-bond acceptors (Lipinski definition) is 4. The summed E-state index contributed by atoms with van der Waals surface area (Å²) in [5, 5.41) is 0. The third kappa shape index (κ3) is 4.74. The molecule has 0 aromatic heterocycles. The summed E-state index contributed by atoms with van der Waals surface area (Å²) >= 11 is 0. The first-order chi connectivity index (χ1) is 14.7. The van der Waals surface area contributed by atoms with Crippen molar-refractivity contribution in [2.75, 3.05) is 38.2 Å². The number of rotatable bonds is 6. The molecule has 5 heteroatoms. The van der Waals surface area contributed by atoms with E-state index >= 15 is 0 Å². The van der Waals surface area contributed by atoms with Gasteiger partial charge in [-0.3, -0.25) is 4.79 Å². The monoisotopic (exact) mass is 402 g/mol. The maximum absolute atomic E-state index is 12.7. The van der Waals surface area contributed by atoms with Gasteiger partial charge in [-0.05, 0) is 54.1 Å². The van der Waals surface area contributed by atoms with Gasteiger partial charge in [0.1, 0.15) is 18.1 Å². The van der Waals surface area contributed by atoms with Crippen LogP contribution >= 0.6 is 0 Å². The first-order valence-corrected chi connectivity index (χ1v) is 10.2. The van der Waals surface area contributed by atoms with Crippen molar-refractivity contribution in [1.29, 1.82) is 0 Å². The summed E-state index contributed by atoms with van der Waals surface area (Å²) in [7, 11) is 1.62. The fraction of sp³-hybridized carbons (Fsp3) is 0.240. The molecule has 1 aliphatic heterocycles. The van der Waals surface area contributed by atoms with Gasteiger partial charge in [0.15, 0.2) is 0 Å². The van der Waals surface area contributed by atoms with E-state index in [0.717, 1.165) is 35.8 Å². The van der Waals surface area contributed by atoms with Crippen LogP contribution in [0.15, 0.2) is 78.9 Å². The second-order valence-corrected chi connectivity index (χ2v) is 7.28. The number of hydrogen-bond donors (Lipinski definition) is 0. The molecule has 0 radical (unpaired) electrons. The van der Waals surface area contributed by atoms with Crippen LogP contribution in [0.4, 0.5) is 5.69 Å². The molecule has 0 atom stereocenters. The van der Waals surface area contributed by atoms with Gasteiger partial charge < -0.3 is 19.3 Å². The zero-order valence-corrected chi connectivity index (χ0v) is 17.2. The Kier molecular flexibility index (Phi) is 6.18. The van der Waals surface area contributed by atoms with Gasteiger partial charge in [-0.1, -0.05) is 30.3 Å². The SMILES string of the molecule is COc1ccc(C(=O)N2CCN(c3ccc(OCc4ccccc4)cc3)CC2)cc1. The summed E-state index contributed by atoms with van der Waals surface area (Å²) in [6.45, 7) is 3.60. The second-order valence-electron chi connectivity index (χ2n) is 7.28. The summed E-state index contributed by atoms with van der Waals surface area (Å²) in [5.74, 6) is 1.69. The average Bonchev–Trinajstić information content (AvgIpc) is 2.83. The number of piperazine rings is 1.